The number of hydrogen-bond donors (Lipinski definition) is 2. The van der Waals surface area contributed by atoms with Crippen molar-refractivity contribution >= 4 is 40.2 Å². The van der Waals surface area contributed by atoms with Crippen molar-refractivity contribution in [3.05, 3.63) is 99.1 Å². The van der Waals surface area contributed by atoms with E-state index in [2.05, 4.69) is 10.3 Å². The number of aromatic nitrogens is 1. The first-order valence-corrected chi connectivity index (χ1v) is 10.7. The minimum Gasteiger partial charge on any atom is -0.488 e. The zero-order chi connectivity index (χ0) is 24.0. The summed E-state index contributed by atoms with van der Waals surface area (Å²) in [6.07, 6.45) is 0.688. The lowest BCUT2D eigenvalue weighted by atomic mass is 10.1. The number of aromatic amines is 1. The fourth-order valence-corrected chi connectivity index (χ4v) is 3.28. The number of ether oxygens (including phenoxy) is 1. The molecule has 33 heavy (non-hydrogen) atoms. The Labute approximate surface area is 196 Å². The fraction of sp³-hybridized carbons (Fsp3) is 0.154. The molecular weight excluding hydrogens is 443 g/mol. The van der Waals surface area contributed by atoms with Crippen LogP contribution in [-0.4, -0.2) is 17.4 Å². The van der Waals surface area contributed by atoms with Crippen LogP contribution in [0.15, 0.2) is 71.5 Å². The highest BCUT2D eigenvalue weighted by Crippen LogP contribution is 2.27. The Morgan fingerprint density at radius 1 is 1.03 bits per heavy atom. The highest BCUT2D eigenvalue weighted by atomic mass is 35.5. The fourth-order valence-electron chi connectivity index (χ4n) is 3.16. The van der Waals surface area contributed by atoms with E-state index >= 15 is 0 Å². The van der Waals surface area contributed by atoms with Crippen LogP contribution in [0.2, 0.25) is 5.02 Å². The van der Waals surface area contributed by atoms with Gasteiger partial charge in [0.15, 0.2) is 11.6 Å². The van der Waals surface area contributed by atoms with Gasteiger partial charge in [-0.1, -0.05) is 41.9 Å². The average molecular weight is 467 g/mol. The highest BCUT2D eigenvalue weighted by Gasteiger charge is 2.10. The Kier molecular flexibility index (Phi) is 7.85. The molecule has 7 heteroatoms. The lowest BCUT2D eigenvalue weighted by Gasteiger charge is -2.14. The van der Waals surface area contributed by atoms with Crippen LogP contribution in [0.25, 0.3) is 10.8 Å². The lowest BCUT2D eigenvalue weighted by molar-refractivity contribution is 0.112. The number of pyridine rings is 1. The van der Waals surface area contributed by atoms with Gasteiger partial charge in [-0.3, -0.25) is 9.59 Å². The van der Waals surface area contributed by atoms with Gasteiger partial charge >= 0.3 is 0 Å². The highest BCUT2D eigenvalue weighted by molar-refractivity contribution is 6.30. The average Bonchev–Trinajstić information content (AvgIpc) is 2.80. The van der Waals surface area contributed by atoms with Crippen LogP contribution in [0.4, 0.5) is 15.9 Å². The van der Waals surface area contributed by atoms with Crippen LogP contribution in [0.5, 0.6) is 5.75 Å². The largest absolute Gasteiger partial charge is 0.488 e. The molecule has 0 bridgehead atoms. The Morgan fingerprint density at radius 3 is 2.30 bits per heavy atom. The Bertz CT molecular complexity index is 1320. The normalized spacial score (nSPS) is 10.5. The van der Waals surface area contributed by atoms with Crippen LogP contribution in [0.3, 0.4) is 0 Å². The van der Waals surface area contributed by atoms with Crippen LogP contribution in [-0.2, 0) is 0 Å². The van der Waals surface area contributed by atoms with Crippen molar-refractivity contribution in [3.8, 4) is 5.75 Å². The van der Waals surface area contributed by atoms with E-state index in [1.807, 2.05) is 39.0 Å². The van der Waals surface area contributed by atoms with Crippen molar-refractivity contribution < 1.29 is 13.9 Å². The van der Waals surface area contributed by atoms with Crippen LogP contribution in [0.1, 0.15) is 29.8 Å². The molecule has 5 nitrogen and oxygen atoms in total. The molecule has 0 amide bonds. The standard InChI is InChI=1S/C19H19FN2O2.C7H5ClO/c1-11(2)24-17-9-8-13(10-16(17)20)21-18-12(3)14-6-4-5-7-15(14)19(23)22-18;8-7-3-1-6(5-9)2-4-7/h4-11H,1-3H3,(H2,21,22,23);1-5H. The Balaban J connectivity index is 0.000000286. The molecule has 0 aliphatic heterocycles. The maximum atomic E-state index is 14.1. The third kappa shape index (κ3) is 6.20. The summed E-state index contributed by atoms with van der Waals surface area (Å²) in [4.78, 5) is 25.1. The van der Waals surface area contributed by atoms with Gasteiger partial charge < -0.3 is 15.0 Å². The van der Waals surface area contributed by atoms with Gasteiger partial charge in [-0.2, -0.15) is 0 Å². The number of carbonyl (C=O) groups is 1. The van der Waals surface area contributed by atoms with Gasteiger partial charge in [-0.15, -0.1) is 0 Å². The first-order chi connectivity index (χ1) is 15.8. The topological polar surface area (TPSA) is 71.2 Å². The van der Waals surface area contributed by atoms with Crippen molar-refractivity contribution in [1.82, 2.24) is 4.98 Å². The van der Waals surface area contributed by atoms with E-state index in [4.69, 9.17) is 16.3 Å². The van der Waals surface area contributed by atoms with Gasteiger partial charge in [0.2, 0.25) is 0 Å². The molecule has 0 atom stereocenters. The van der Waals surface area contributed by atoms with E-state index in [0.717, 1.165) is 17.2 Å². The zero-order valence-electron chi connectivity index (χ0n) is 18.5. The number of H-pyrrole nitrogens is 1. The number of anilines is 2. The van der Waals surface area contributed by atoms with E-state index in [1.165, 1.54) is 6.07 Å². The number of hydrogen-bond acceptors (Lipinski definition) is 4. The van der Waals surface area contributed by atoms with Crippen LogP contribution < -0.4 is 15.6 Å². The molecule has 170 valence electrons. The quantitative estimate of drug-likeness (QED) is 0.323. The number of carbonyl (C=O) groups excluding carboxylic acids is 1. The predicted octanol–water partition coefficient (Wildman–Crippen LogP) is 6.66. The second kappa shape index (κ2) is 10.8. The molecule has 0 radical (unpaired) electrons. The van der Waals surface area contributed by atoms with Crippen LogP contribution in [0, 0.1) is 12.7 Å². The van der Waals surface area contributed by atoms with Crippen molar-refractivity contribution in [3.63, 3.8) is 0 Å². The van der Waals surface area contributed by atoms with Gasteiger partial charge in [-0.25, -0.2) is 4.39 Å². The van der Waals surface area contributed by atoms with E-state index in [-0.39, 0.29) is 17.4 Å². The molecule has 1 heterocycles. The summed E-state index contributed by atoms with van der Waals surface area (Å²) >= 11 is 5.55. The van der Waals surface area contributed by atoms with Gasteiger partial charge in [0.25, 0.3) is 5.56 Å². The predicted molar refractivity (Wildman–Crippen MR) is 132 cm³/mol. The molecule has 0 spiro atoms. The summed E-state index contributed by atoms with van der Waals surface area (Å²) in [6.45, 7) is 5.59. The molecule has 0 aliphatic carbocycles. The molecule has 0 aliphatic rings. The number of nitrogens with one attached hydrogen (secondary N) is 2. The summed E-state index contributed by atoms with van der Waals surface area (Å²) < 4.78 is 19.5. The summed E-state index contributed by atoms with van der Waals surface area (Å²) in [6, 6.07) is 18.8. The molecule has 2 N–H and O–H groups in total. The molecular formula is C26H24ClFN2O3. The lowest BCUT2D eigenvalue weighted by Crippen LogP contribution is -2.11. The van der Waals surface area contributed by atoms with Gasteiger partial charge in [-0.05, 0) is 62.1 Å². The molecule has 1 aromatic heterocycles. The molecule has 3 aromatic carbocycles. The molecule has 0 saturated carbocycles. The number of rotatable bonds is 5. The van der Waals surface area contributed by atoms with Crippen molar-refractivity contribution in [1.29, 1.82) is 0 Å². The third-order valence-corrected chi connectivity index (χ3v) is 5.01. The Hall–Kier alpha value is -3.64. The maximum Gasteiger partial charge on any atom is 0.257 e. The van der Waals surface area contributed by atoms with E-state index in [0.29, 0.717) is 27.5 Å². The van der Waals surface area contributed by atoms with Crippen molar-refractivity contribution in [2.75, 3.05) is 5.32 Å². The number of fused-ring (bicyclic) bond motifs is 1. The number of benzene rings is 3. The second-order valence-electron chi connectivity index (χ2n) is 7.61. The number of halogens is 2. The van der Waals surface area contributed by atoms with E-state index < -0.39 is 5.82 Å². The summed E-state index contributed by atoms with van der Waals surface area (Å²) in [7, 11) is 0. The molecule has 4 aromatic rings. The summed E-state index contributed by atoms with van der Waals surface area (Å²) in [5.41, 5.74) is 1.91. The number of aryl methyl sites for hydroxylation is 1. The number of aldehydes is 1. The maximum absolute atomic E-state index is 14.1. The summed E-state index contributed by atoms with van der Waals surface area (Å²) in [5.74, 6) is 0.310. The summed E-state index contributed by atoms with van der Waals surface area (Å²) in [5, 5.41) is 5.23. The molecule has 4 rings (SSSR count). The first kappa shape index (κ1) is 24.0. The molecule has 0 saturated heterocycles. The van der Waals surface area contributed by atoms with Crippen molar-refractivity contribution in [2.45, 2.75) is 26.9 Å². The SMILES string of the molecule is Cc1c(Nc2ccc(OC(C)C)c(F)c2)[nH]c(=O)c2ccccc12.O=Cc1ccc(Cl)cc1. The van der Waals surface area contributed by atoms with E-state index in [1.54, 1.807) is 42.5 Å². The monoisotopic (exact) mass is 466 g/mol. The van der Waals surface area contributed by atoms with E-state index in [9.17, 15) is 14.0 Å². The van der Waals surface area contributed by atoms with Gasteiger partial charge in [0.1, 0.15) is 12.1 Å². The minimum absolute atomic E-state index is 0.0996. The van der Waals surface area contributed by atoms with Gasteiger partial charge in [0.05, 0.1) is 6.10 Å². The smallest absolute Gasteiger partial charge is 0.257 e. The minimum atomic E-state index is -0.450. The molecule has 0 fully saturated rings. The first-order valence-electron chi connectivity index (χ1n) is 10.3. The molecule has 0 unspecified atom stereocenters. The second-order valence-corrected chi connectivity index (χ2v) is 8.04. The van der Waals surface area contributed by atoms with Crippen LogP contribution >= 0.6 is 11.6 Å². The Morgan fingerprint density at radius 2 is 1.70 bits per heavy atom. The third-order valence-electron chi connectivity index (χ3n) is 4.76. The van der Waals surface area contributed by atoms with Crippen molar-refractivity contribution in [2.24, 2.45) is 0 Å². The van der Waals surface area contributed by atoms with Gasteiger partial charge in [0, 0.05) is 27.7 Å². The zero-order valence-corrected chi connectivity index (χ0v) is 19.2.